The maximum absolute atomic E-state index is 5.71. The van der Waals surface area contributed by atoms with Gasteiger partial charge in [0.15, 0.2) is 0 Å². The van der Waals surface area contributed by atoms with Crippen LogP contribution in [-0.2, 0) is 4.74 Å². The third-order valence-corrected chi connectivity index (χ3v) is 5.17. The Morgan fingerprint density at radius 1 is 1.39 bits per heavy atom. The summed E-state index contributed by atoms with van der Waals surface area (Å²) in [7, 11) is 0. The highest BCUT2D eigenvalue weighted by Gasteiger charge is 2.43. The number of piperidine rings is 1. The van der Waals surface area contributed by atoms with Gasteiger partial charge in [-0.05, 0) is 44.6 Å². The molecule has 3 unspecified atom stereocenters. The second-order valence-electron chi connectivity index (χ2n) is 6.74. The van der Waals surface area contributed by atoms with Crippen LogP contribution in [0.2, 0.25) is 0 Å². The molecule has 2 bridgehead atoms. The first-order chi connectivity index (χ1) is 8.81. The number of rotatable bonds is 6. The number of nitrogens with zero attached hydrogens (tertiary/aromatic N) is 1. The third kappa shape index (κ3) is 2.59. The van der Waals surface area contributed by atoms with Gasteiger partial charge in [-0.25, -0.2) is 0 Å². The number of hydrogen-bond acceptors (Lipinski definition) is 3. The number of likely N-dealkylation sites (tertiary alicyclic amines) is 1. The standard InChI is InChI=1S/C15H28N2O/c1-2-6-16-10-15(5-7-18-12-15)11-17-9-13-3-4-14(17)8-13/h13-14,16H,2-12H2,1H3. The molecule has 0 spiro atoms. The van der Waals surface area contributed by atoms with Crippen molar-refractivity contribution in [2.45, 2.75) is 45.1 Å². The molecular weight excluding hydrogens is 224 g/mol. The van der Waals surface area contributed by atoms with Crippen LogP contribution < -0.4 is 5.32 Å². The molecule has 3 nitrogen and oxygen atoms in total. The van der Waals surface area contributed by atoms with Crippen LogP contribution in [0, 0.1) is 11.3 Å². The topological polar surface area (TPSA) is 24.5 Å². The van der Waals surface area contributed by atoms with E-state index in [2.05, 4.69) is 17.1 Å². The van der Waals surface area contributed by atoms with Gasteiger partial charge in [0.25, 0.3) is 0 Å². The Balaban J connectivity index is 1.56. The molecule has 18 heavy (non-hydrogen) atoms. The molecule has 0 aromatic carbocycles. The summed E-state index contributed by atoms with van der Waals surface area (Å²) in [6, 6.07) is 0.902. The SMILES string of the molecule is CCCNCC1(CN2CC3CCC2C3)CCOC1. The molecule has 3 atom stereocenters. The molecule has 3 fully saturated rings. The normalized spacial score (nSPS) is 39.8. The maximum Gasteiger partial charge on any atom is 0.0547 e. The summed E-state index contributed by atoms with van der Waals surface area (Å²) in [6.07, 6.45) is 6.88. The van der Waals surface area contributed by atoms with Gasteiger partial charge in [-0.1, -0.05) is 6.92 Å². The molecule has 0 amide bonds. The molecule has 3 heteroatoms. The highest BCUT2D eigenvalue weighted by atomic mass is 16.5. The number of hydrogen-bond donors (Lipinski definition) is 1. The molecule has 1 saturated carbocycles. The van der Waals surface area contributed by atoms with Crippen LogP contribution in [-0.4, -0.2) is 50.3 Å². The van der Waals surface area contributed by atoms with Gasteiger partial charge in [-0.15, -0.1) is 0 Å². The zero-order valence-corrected chi connectivity index (χ0v) is 11.8. The summed E-state index contributed by atoms with van der Waals surface area (Å²) in [5.41, 5.74) is 0.402. The Morgan fingerprint density at radius 2 is 2.33 bits per heavy atom. The molecule has 1 aliphatic carbocycles. The smallest absolute Gasteiger partial charge is 0.0547 e. The quantitative estimate of drug-likeness (QED) is 0.731. The molecule has 3 aliphatic rings. The zero-order chi connectivity index (χ0) is 12.4. The Bertz CT molecular complexity index is 276. The van der Waals surface area contributed by atoms with Crippen molar-refractivity contribution in [3.8, 4) is 0 Å². The van der Waals surface area contributed by atoms with Gasteiger partial charge in [0, 0.05) is 37.7 Å². The lowest BCUT2D eigenvalue weighted by atomic mass is 9.86. The molecule has 104 valence electrons. The number of fused-ring (bicyclic) bond motifs is 2. The maximum atomic E-state index is 5.71. The van der Waals surface area contributed by atoms with Crippen molar-refractivity contribution in [3.05, 3.63) is 0 Å². The Hall–Kier alpha value is -0.120. The molecule has 2 heterocycles. The lowest BCUT2D eigenvalue weighted by molar-refractivity contribution is 0.0921. The molecular formula is C15H28N2O. The van der Waals surface area contributed by atoms with Crippen LogP contribution in [0.1, 0.15) is 39.0 Å². The van der Waals surface area contributed by atoms with Crippen molar-refractivity contribution in [1.82, 2.24) is 10.2 Å². The highest BCUT2D eigenvalue weighted by Crippen LogP contribution is 2.40. The number of ether oxygens (including phenoxy) is 1. The van der Waals surface area contributed by atoms with E-state index in [1.54, 1.807) is 0 Å². The van der Waals surface area contributed by atoms with Crippen molar-refractivity contribution < 1.29 is 4.74 Å². The molecule has 0 aromatic rings. The van der Waals surface area contributed by atoms with Crippen molar-refractivity contribution in [2.24, 2.45) is 11.3 Å². The lowest BCUT2D eigenvalue weighted by Gasteiger charge is -2.36. The Morgan fingerprint density at radius 3 is 2.94 bits per heavy atom. The fourth-order valence-corrected chi connectivity index (χ4v) is 4.15. The first-order valence-electron chi connectivity index (χ1n) is 7.84. The second-order valence-corrected chi connectivity index (χ2v) is 6.74. The van der Waals surface area contributed by atoms with Crippen molar-refractivity contribution in [2.75, 3.05) is 39.4 Å². The summed E-state index contributed by atoms with van der Waals surface area (Å²) in [5, 5.41) is 3.63. The van der Waals surface area contributed by atoms with Gasteiger partial charge in [0.1, 0.15) is 0 Å². The average molecular weight is 252 g/mol. The summed E-state index contributed by atoms with van der Waals surface area (Å²) in [5.74, 6) is 1.01. The molecule has 2 saturated heterocycles. The zero-order valence-electron chi connectivity index (χ0n) is 11.8. The monoisotopic (exact) mass is 252 g/mol. The van der Waals surface area contributed by atoms with Gasteiger partial charge < -0.3 is 10.1 Å². The first kappa shape index (κ1) is 12.9. The largest absolute Gasteiger partial charge is 0.381 e. The van der Waals surface area contributed by atoms with Crippen LogP contribution in [0.15, 0.2) is 0 Å². The second kappa shape index (κ2) is 5.48. The van der Waals surface area contributed by atoms with Gasteiger partial charge in [0.2, 0.25) is 0 Å². The van der Waals surface area contributed by atoms with E-state index in [0.717, 1.165) is 38.3 Å². The van der Waals surface area contributed by atoms with Crippen LogP contribution in [0.3, 0.4) is 0 Å². The summed E-state index contributed by atoms with van der Waals surface area (Å²) >= 11 is 0. The van der Waals surface area contributed by atoms with Gasteiger partial charge in [-0.3, -0.25) is 4.90 Å². The van der Waals surface area contributed by atoms with E-state index < -0.39 is 0 Å². The van der Waals surface area contributed by atoms with Gasteiger partial charge in [-0.2, -0.15) is 0 Å². The minimum Gasteiger partial charge on any atom is -0.381 e. The van der Waals surface area contributed by atoms with Crippen LogP contribution in [0.5, 0.6) is 0 Å². The lowest BCUT2D eigenvalue weighted by Crippen LogP contribution is -2.47. The van der Waals surface area contributed by atoms with Crippen LogP contribution in [0.25, 0.3) is 0 Å². The summed E-state index contributed by atoms with van der Waals surface area (Å²) < 4.78 is 5.71. The Kier molecular flexibility index (Phi) is 3.92. The fraction of sp³-hybridized carbons (Fsp3) is 1.00. The summed E-state index contributed by atoms with van der Waals surface area (Å²) in [6.45, 7) is 9.10. The van der Waals surface area contributed by atoms with Gasteiger partial charge >= 0.3 is 0 Å². The van der Waals surface area contributed by atoms with Crippen LogP contribution in [0.4, 0.5) is 0 Å². The minimum atomic E-state index is 0.402. The summed E-state index contributed by atoms with van der Waals surface area (Å²) in [4.78, 5) is 2.77. The number of nitrogens with one attached hydrogen (secondary N) is 1. The predicted octanol–water partition coefficient (Wildman–Crippen LogP) is 1.88. The van der Waals surface area contributed by atoms with Gasteiger partial charge in [0.05, 0.1) is 6.61 Å². The third-order valence-electron chi connectivity index (χ3n) is 5.17. The molecule has 1 N–H and O–H groups in total. The molecule has 0 radical (unpaired) electrons. The molecule has 3 rings (SSSR count). The van der Waals surface area contributed by atoms with Crippen molar-refractivity contribution in [1.29, 1.82) is 0 Å². The van der Waals surface area contributed by atoms with E-state index in [1.807, 2.05) is 0 Å². The van der Waals surface area contributed by atoms with E-state index in [1.165, 1.54) is 45.2 Å². The fourth-order valence-electron chi connectivity index (χ4n) is 4.15. The van der Waals surface area contributed by atoms with Crippen molar-refractivity contribution >= 4 is 0 Å². The van der Waals surface area contributed by atoms with E-state index in [4.69, 9.17) is 4.74 Å². The van der Waals surface area contributed by atoms with Crippen molar-refractivity contribution in [3.63, 3.8) is 0 Å². The highest BCUT2D eigenvalue weighted by molar-refractivity contribution is 4.97. The predicted molar refractivity (Wildman–Crippen MR) is 73.7 cm³/mol. The van der Waals surface area contributed by atoms with E-state index in [-0.39, 0.29) is 0 Å². The van der Waals surface area contributed by atoms with E-state index >= 15 is 0 Å². The minimum absolute atomic E-state index is 0.402. The Labute approximate surface area is 111 Å². The first-order valence-corrected chi connectivity index (χ1v) is 7.84. The van der Waals surface area contributed by atoms with E-state index in [0.29, 0.717) is 5.41 Å². The van der Waals surface area contributed by atoms with Crippen LogP contribution >= 0.6 is 0 Å². The molecule has 0 aromatic heterocycles. The van der Waals surface area contributed by atoms with E-state index in [9.17, 15) is 0 Å². The average Bonchev–Trinajstić information content (AvgIpc) is 3.06. The molecule has 2 aliphatic heterocycles.